The smallest absolute Gasteiger partial charge is 0.277 e. The Morgan fingerprint density at radius 2 is 2.07 bits per heavy atom. The number of aromatic amines is 1. The molecule has 0 fully saturated rings. The second kappa shape index (κ2) is 7.66. The molecule has 0 aliphatic heterocycles. The van der Waals surface area contributed by atoms with Gasteiger partial charge in [-0.3, -0.25) is 13.9 Å². The molecule has 30 heavy (non-hydrogen) atoms. The van der Waals surface area contributed by atoms with Crippen LogP contribution in [0.15, 0.2) is 54.9 Å². The Morgan fingerprint density at radius 1 is 1.30 bits per heavy atom. The molecule has 1 atom stereocenters. The molecule has 9 heteroatoms. The molecule has 0 saturated heterocycles. The van der Waals surface area contributed by atoms with Crippen molar-refractivity contribution in [2.24, 2.45) is 7.05 Å². The molecule has 2 N–H and O–H groups in total. The highest BCUT2D eigenvalue weighted by atomic mass is 19.1. The first-order valence-electron chi connectivity index (χ1n) is 9.28. The highest BCUT2D eigenvalue weighted by molar-refractivity contribution is 6.14. The number of rotatable bonds is 6. The van der Waals surface area contributed by atoms with Crippen LogP contribution < -0.4 is 10.1 Å². The zero-order valence-electron chi connectivity index (χ0n) is 16.5. The summed E-state index contributed by atoms with van der Waals surface area (Å²) in [5.74, 6) is 0.283. The van der Waals surface area contributed by atoms with Crippen LogP contribution in [0.4, 0.5) is 10.1 Å². The number of fused-ring (bicyclic) bond motifs is 1. The van der Waals surface area contributed by atoms with Crippen LogP contribution in [0.3, 0.4) is 0 Å². The molecular weight excluding hydrogens is 384 g/mol. The number of aromatic nitrogens is 4. The molecule has 0 aliphatic carbocycles. The summed E-state index contributed by atoms with van der Waals surface area (Å²) >= 11 is 0. The van der Waals surface area contributed by atoms with Gasteiger partial charge in [-0.1, -0.05) is 29.5 Å². The Labute approximate surface area is 173 Å². The molecule has 0 bridgehead atoms. The molecule has 2 aromatic carbocycles. The Hall–Kier alpha value is -3.62. The summed E-state index contributed by atoms with van der Waals surface area (Å²) in [6.45, 7) is 1.62. The van der Waals surface area contributed by atoms with Crippen LogP contribution in [0, 0.1) is 0 Å². The number of hydrogen-bond donors (Lipinski definition) is 2. The predicted molar refractivity (Wildman–Crippen MR) is 112 cm³/mol. The van der Waals surface area contributed by atoms with Gasteiger partial charge in [0, 0.05) is 24.1 Å². The molecule has 4 rings (SSSR count). The van der Waals surface area contributed by atoms with Crippen LogP contribution in [0.5, 0.6) is 5.75 Å². The Morgan fingerprint density at radius 3 is 2.73 bits per heavy atom. The maximum Gasteiger partial charge on any atom is 0.277 e. The van der Waals surface area contributed by atoms with Crippen LogP contribution in [0.1, 0.15) is 28.5 Å². The first-order valence-corrected chi connectivity index (χ1v) is 9.28. The summed E-state index contributed by atoms with van der Waals surface area (Å²) in [7, 11) is 7.16. The van der Waals surface area contributed by atoms with E-state index >= 15 is 0 Å². The van der Waals surface area contributed by atoms with Crippen molar-refractivity contribution >= 4 is 30.3 Å². The van der Waals surface area contributed by atoms with Gasteiger partial charge < -0.3 is 15.0 Å². The van der Waals surface area contributed by atoms with Gasteiger partial charge in [0.2, 0.25) is 0 Å². The van der Waals surface area contributed by atoms with E-state index in [1.165, 1.54) is 11.6 Å². The molecule has 2 radical (unpaired) electrons. The minimum atomic E-state index is -1.87. The maximum absolute atomic E-state index is 13.8. The van der Waals surface area contributed by atoms with Crippen LogP contribution in [0.2, 0.25) is 0 Å². The lowest BCUT2D eigenvalue weighted by molar-refractivity contribution is 0.102. The minimum Gasteiger partial charge on any atom is -0.489 e. The van der Waals surface area contributed by atoms with Crippen molar-refractivity contribution in [3.63, 3.8) is 0 Å². The highest BCUT2D eigenvalue weighted by Gasteiger charge is 2.17. The van der Waals surface area contributed by atoms with Crippen molar-refractivity contribution in [2.75, 3.05) is 5.32 Å². The van der Waals surface area contributed by atoms with Gasteiger partial charge in [-0.25, -0.2) is 0 Å². The highest BCUT2D eigenvalue weighted by Crippen LogP contribution is 2.28. The van der Waals surface area contributed by atoms with E-state index in [0.29, 0.717) is 23.6 Å². The van der Waals surface area contributed by atoms with Gasteiger partial charge in [0.25, 0.3) is 5.91 Å². The molecule has 150 valence electrons. The molecule has 2 heterocycles. The number of H-pyrrole nitrogens is 1. The number of nitrogens with zero attached hydrogens (tertiary/aromatic N) is 3. The van der Waals surface area contributed by atoms with E-state index in [-0.39, 0.29) is 11.6 Å². The van der Waals surface area contributed by atoms with E-state index in [0.717, 1.165) is 16.5 Å². The number of alkyl halides is 1. The number of aryl methyl sites for hydroxylation is 1. The molecule has 7 nitrogen and oxygen atoms in total. The lowest BCUT2D eigenvalue weighted by atomic mass is 9.79. The lowest BCUT2D eigenvalue weighted by Crippen LogP contribution is -2.14. The molecule has 0 aliphatic rings. The molecule has 0 saturated carbocycles. The van der Waals surface area contributed by atoms with Crippen molar-refractivity contribution in [1.29, 1.82) is 0 Å². The minimum absolute atomic E-state index is 0.226. The van der Waals surface area contributed by atoms with Gasteiger partial charge in [-0.15, -0.1) is 5.10 Å². The van der Waals surface area contributed by atoms with Crippen LogP contribution in [-0.2, 0) is 19.2 Å². The van der Waals surface area contributed by atoms with E-state index in [2.05, 4.69) is 20.6 Å². The number of nitrogens with one attached hydrogen (secondary N) is 2. The number of carbonyl (C=O) groups is 1. The summed E-state index contributed by atoms with van der Waals surface area (Å²) in [4.78, 5) is 15.5. The summed E-state index contributed by atoms with van der Waals surface area (Å²) in [5, 5.41) is 11.2. The molecule has 1 unspecified atom stereocenters. The van der Waals surface area contributed by atoms with E-state index in [1.54, 1.807) is 43.7 Å². The fourth-order valence-corrected chi connectivity index (χ4v) is 3.02. The summed E-state index contributed by atoms with van der Waals surface area (Å²) in [5.41, 5.74) is 1.11. The summed E-state index contributed by atoms with van der Waals surface area (Å²) < 4.78 is 21.1. The SMILES string of the molecule is [B]C(C)(F)c1ccc(COc2ccc3[nH]cc(NC(=O)c4cn(C)nn4)c3c2)cc1. The standard InChI is InChI=1S/C21H19BFN5O2/c1-21(22,23)14-5-3-13(4-6-14)12-30-15-7-8-17-16(9-15)18(10-24-17)25-20(29)19-11-28(2)27-26-19/h3-11,24H,12H2,1-2H3,(H,25,29). The monoisotopic (exact) mass is 403 g/mol. The molecule has 0 spiro atoms. The van der Waals surface area contributed by atoms with Crippen LogP contribution in [-0.4, -0.2) is 33.7 Å². The fourth-order valence-electron chi connectivity index (χ4n) is 3.02. The Bertz CT molecular complexity index is 1190. The average molecular weight is 403 g/mol. The zero-order valence-corrected chi connectivity index (χ0v) is 16.5. The van der Waals surface area contributed by atoms with E-state index in [1.807, 2.05) is 18.2 Å². The van der Waals surface area contributed by atoms with Crippen molar-refractivity contribution in [3.05, 3.63) is 71.7 Å². The Kier molecular flexibility index (Phi) is 5.03. The third-order valence-electron chi connectivity index (χ3n) is 4.66. The van der Waals surface area contributed by atoms with Crippen molar-refractivity contribution in [2.45, 2.75) is 19.1 Å². The number of benzene rings is 2. The van der Waals surface area contributed by atoms with Gasteiger partial charge in [0.15, 0.2) is 5.69 Å². The van der Waals surface area contributed by atoms with E-state index in [9.17, 15) is 9.18 Å². The van der Waals surface area contributed by atoms with E-state index in [4.69, 9.17) is 12.6 Å². The lowest BCUT2D eigenvalue weighted by Gasteiger charge is -2.15. The van der Waals surface area contributed by atoms with Crippen LogP contribution in [0.25, 0.3) is 10.9 Å². The summed E-state index contributed by atoms with van der Waals surface area (Å²) in [6.07, 6.45) is 3.25. The van der Waals surface area contributed by atoms with Crippen molar-refractivity contribution in [3.8, 4) is 5.75 Å². The van der Waals surface area contributed by atoms with Crippen molar-refractivity contribution in [1.82, 2.24) is 20.0 Å². The predicted octanol–water partition coefficient (Wildman–Crippen LogP) is 3.44. The second-order valence-corrected chi connectivity index (χ2v) is 7.20. The number of carbonyl (C=O) groups excluding carboxylic acids is 1. The largest absolute Gasteiger partial charge is 0.489 e. The van der Waals surface area contributed by atoms with Gasteiger partial charge in [0.1, 0.15) is 20.2 Å². The zero-order chi connectivity index (χ0) is 21.3. The quantitative estimate of drug-likeness (QED) is 0.483. The van der Waals surface area contributed by atoms with Crippen LogP contribution >= 0.6 is 0 Å². The van der Waals surface area contributed by atoms with Gasteiger partial charge in [-0.2, -0.15) is 0 Å². The fraction of sp³-hybridized carbons (Fsp3) is 0.190. The van der Waals surface area contributed by atoms with Gasteiger partial charge in [0.05, 0.1) is 17.5 Å². The average Bonchev–Trinajstić information content (AvgIpc) is 3.32. The van der Waals surface area contributed by atoms with Crippen molar-refractivity contribution < 1.29 is 13.9 Å². The second-order valence-electron chi connectivity index (χ2n) is 7.20. The normalized spacial score (nSPS) is 13.2. The summed E-state index contributed by atoms with van der Waals surface area (Å²) in [6, 6.07) is 12.4. The molecule has 2 aromatic heterocycles. The topological polar surface area (TPSA) is 84.8 Å². The molecule has 4 aromatic rings. The number of hydrogen-bond acceptors (Lipinski definition) is 4. The first kappa shape index (κ1) is 19.7. The number of amides is 1. The van der Waals surface area contributed by atoms with Gasteiger partial charge in [-0.05, 0) is 36.2 Å². The Balaban J connectivity index is 1.48. The number of halogens is 1. The first-order chi connectivity index (χ1) is 14.3. The van der Waals surface area contributed by atoms with Gasteiger partial charge >= 0.3 is 0 Å². The molecule has 1 amide bonds. The maximum atomic E-state index is 13.8. The third-order valence-corrected chi connectivity index (χ3v) is 4.66. The third kappa shape index (κ3) is 4.19. The number of anilines is 1. The molecular formula is C21H19BFN5O2. The number of ether oxygens (including phenoxy) is 1. The van der Waals surface area contributed by atoms with E-state index < -0.39 is 5.57 Å².